The van der Waals surface area contributed by atoms with Crippen molar-refractivity contribution in [3.63, 3.8) is 0 Å². The fourth-order valence-corrected chi connectivity index (χ4v) is 3.70. The zero-order chi connectivity index (χ0) is 19.3. The van der Waals surface area contributed by atoms with E-state index in [1.165, 1.54) is 0 Å². The molecule has 1 saturated heterocycles. The lowest BCUT2D eigenvalue weighted by molar-refractivity contribution is -0.132. The van der Waals surface area contributed by atoms with Gasteiger partial charge in [0.2, 0.25) is 5.91 Å². The summed E-state index contributed by atoms with van der Waals surface area (Å²) in [5.41, 5.74) is 2.08. The third-order valence-corrected chi connectivity index (χ3v) is 5.24. The Bertz CT molecular complexity index is 925. The van der Waals surface area contributed by atoms with E-state index < -0.39 is 0 Å². The van der Waals surface area contributed by atoms with E-state index in [2.05, 4.69) is 20.5 Å². The predicted molar refractivity (Wildman–Crippen MR) is 110 cm³/mol. The maximum absolute atomic E-state index is 12.8. The number of nitrogens with one attached hydrogen (secondary N) is 2. The summed E-state index contributed by atoms with van der Waals surface area (Å²) in [6, 6.07) is 15.4. The molecule has 0 saturated carbocycles. The number of hydrogen-bond donors (Lipinski definition) is 2. The second-order valence-corrected chi connectivity index (χ2v) is 7.36. The number of carbonyl (C=O) groups is 1. The maximum atomic E-state index is 12.8. The maximum Gasteiger partial charge on any atom is 0.223 e. The first-order chi connectivity index (χ1) is 13.7. The van der Waals surface area contributed by atoms with Gasteiger partial charge in [0.1, 0.15) is 5.82 Å². The molecule has 7 heteroatoms. The molecule has 1 aliphatic heterocycles. The van der Waals surface area contributed by atoms with E-state index in [9.17, 15) is 4.79 Å². The van der Waals surface area contributed by atoms with Crippen molar-refractivity contribution in [3.05, 3.63) is 71.0 Å². The number of aryl methyl sites for hydroxylation is 1. The van der Waals surface area contributed by atoms with Crippen LogP contribution in [0.25, 0.3) is 0 Å². The van der Waals surface area contributed by atoms with Crippen LogP contribution < -0.4 is 5.32 Å². The fourth-order valence-electron chi connectivity index (χ4n) is 3.57. The predicted octanol–water partition coefficient (Wildman–Crippen LogP) is 4.50. The Morgan fingerprint density at radius 3 is 2.86 bits per heavy atom. The molecule has 1 aliphatic rings. The van der Waals surface area contributed by atoms with Crippen LogP contribution in [0.2, 0.25) is 5.02 Å². The van der Waals surface area contributed by atoms with E-state index in [1.807, 2.05) is 53.4 Å². The van der Waals surface area contributed by atoms with Crippen molar-refractivity contribution in [2.24, 2.45) is 0 Å². The van der Waals surface area contributed by atoms with E-state index in [4.69, 9.17) is 11.6 Å². The largest absolute Gasteiger partial charge is 0.334 e. The lowest BCUT2D eigenvalue weighted by Gasteiger charge is -2.23. The summed E-state index contributed by atoms with van der Waals surface area (Å²) in [5.74, 6) is 1.61. The summed E-state index contributed by atoms with van der Waals surface area (Å²) < 4.78 is 0. The number of amides is 1. The van der Waals surface area contributed by atoms with Crippen molar-refractivity contribution in [2.75, 3.05) is 11.9 Å². The third kappa shape index (κ3) is 4.34. The van der Waals surface area contributed by atoms with Gasteiger partial charge in [0.25, 0.3) is 0 Å². The van der Waals surface area contributed by atoms with Crippen LogP contribution in [0.4, 0.5) is 11.6 Å². The SMILES string of the molecule is O=C(CCc1ccc(Cl)cc1)N1CCC[C@@H]1c1cc(Nc2ccccn2)n[nH]1. The molecule has 3 heterocycles. The molecule has 144 valence electrons. The molecular weight excluding hydrogens is 374 g/mol. The van der Waals surface area contributed by atoms with Gasteiger partial charge in [-0.15, -0.1) is 0 Å². The zero-order valence-electron chi connectivity index (χ0n) is 15.4. The van der Waals surface area contributed by atoms with Crippen LogP contribution in [0.3, 0.4) is 0 Å². The van der Waals surface area contributed by atoms with Crippen LogP contribution in [0.15, 0.2) is 54.7 Å². The summed E-state index contributed by atoms with van der Waals surface area (Å²) in [4.78, 5) is 19.0. The molecule has 3 aromatic rings. The quantitative estimate of drug-likeness (QED) is 0.644. The van der Waals surface area contributed by atoms with Gasteiger partial charge in [-0.25, -0.2) is 4.98 Å². The Morgan fingerprint density at radius 2 is 2.07 bits per heavy atom. The first kappa shape index (κ1) is 18.5. The summed E-state index contributed by atoms with van der Waals surface area (Å²) in [6.07, 6.45) is 4.88. The first-order valence-corrected chi connectivity index (χ1v) is 9.84. The van der Waals surface area contributed by atoms with Crippen LogP contribution in [-0.4, -0.2) is 32.5 Å². The van der Waals surface area contributed by atoms with Crippen molar-refractivity contribution in [3.8, 4) is 0 Å². The third-order valence-electron chi connectivity index (χ3n) is 4.99. The van der Waals surface area contributed by atoms with E-state index in [0.29, 0.717) is 23.7 Å². The Balaban J connectivity index is 1.39. The van der Waals surface area contributed by atoms with Gasteiger partial charge in [0.05, 0.1) is 11.7 Å². The van der Waals surface area contributed by atoms with Gasteiger partial charge in [-0.2, -0.15) is 5.10 Å². The monoisotopic (exact) mass is 395 g/mol. The van der Waals surface area contributed by atoms with E-state index in [-0.39, 0.29) is 11.9 Å². The highest BCUT2D eigenvalue weighted by atomic mass is 35.5. The molecule has 0 aliphatic carbocycles. The molecule has 0 radical (unpaired) electrons. The fraction of sp³-hybridized carbons (Fsp3) is 0.286. The Hall–Kier alpha value is -2.86. The van der Waals surface area contributed by atoms with Crippen LogP contribution in [0.1, 0.15) is 36.6 Å². The second-order valence-electron chi connectivity index (χ2n) is 6.92. The summed E-state index contributed by atoms with van der Waals surface area (Å²) in [5, 5.41) is 11.3. The van der Waals surface area contributed by atoms with Gasteiger partial charge in [-0.1, -0.05) is 29.8 Å². The number of benzene rings is 1. The number of H-pyrrole nitrogens is 1. The van der Waals surface area contributed by atoms with Crippen molar-refractivity contribution in [1.82, 2.24) is 20.1 Å². The molecule has 1 fully saturated rings. The van der Waals surface area contributed by atoms with Crippen LogP contribution in [0.5, 0.6) is 0 Å². The number of aromatic amines is 1. The zero-order valence-corrected chi connectivity index (χ0v) is 16.2. The molecule has 0 bridgehead atoms. The molecule has 2 N–H and O–H groups in total. The summed E-state index contributed by atoms with van der Waals surface area (Å²) >= 11 is 5.92. The van der Waals surface area contributed by atoms with Crippen molar-refractivity contribution >= 4 is 29.1 Å². The number of pyridine rings is 1. The Morgan fingerprint density at radius 1 is 1.21 bits per heavy atom. The molecular formula is C21H22ClN5O. The normalized spacial score (nSPS) is 16.3. The second kappa shape index (κ2) is 8.44. The smallest absolute Gasteiger partial charge is 0.223 e. The minimum absolute atomic E-state index is 0.0458. The number of anilines is 2. The molecule has 4 rings (SSSR count). The average molecular weight is 396 g/mol. The number of likely N-dealkylation sites (tertiary alicyclic amines) is 1. The minimum atomic E-state index is 0.0458. The highest BCUT2D eigenvalue weighted by Crippen LogP contribution is 2.32. The lowest BCUT2D eigenvalue weighted by atomic mass is 10.1. The number of aromatic nitrogens is 3. The molecule has 0 unspecified atom stereocenters. The molecule has 6 nitrogen and oxygen atoms in total. The Labute approximate surface area is 168 Å². The molecule has 1 atom stereocenters. The topological polar surface area (TPSA) is 73.9 Å². The van der Waals surface area contributed by atoms with Crippen LogP contribution in [-0.2, 0) is 11.2 Å². The number of hydrogen-bond acceptors (Lipinski definition) is 4. The van der Waals surface area contributed by atoms with Crippen molar-refractivity contribution in [1.29, 1.82) is 0 Å². The van der Waals surface area contributed by atoms with Gasteiger partial charge < -0.3 is 10.2 Å². The molecule has 2 aromatic heterocycles. The van der Waals surface area contributed by atoms with Gasteiger partial charge in [-0.3, -0.25) is 9.89 Å². The highest BCUT2D eigenvalue weighted by Gasteiger charge is 2.31. The minimum Gasteiger partial charge on any atom is -0.334 e. The summed E-state index contributed by atoms with van der Waals surface area (Å²) in [6.45, 7) is 0.784. The van der Waals surface area contributed by atoms with E-state index >= 15 is 0 Å². The number of carbonyl (C=O) groups excluding carboxylic acids is 1. The summed E-state index contributed by atoms with van der Waals surface area (Å²) in [7, 11) is 0. The molecule has 28 heavy (non-hydrogen) atoms. The first-order valence-electron chi connectivity index (χ1n) is 9.46. The number of rotatable bonds is 6. The van der Waals surface area contributed by atoms with Gasteiger partial charge in [0.15, 0.2) is 5.82 Å². The van der Waals surface area contributed by atoms with E-state index in [1.54, 1.807) is 6.20 Å². The average Bonchev–Trinajstić information content (AvgIpc) is 3.37. The van der Waals surface area contributed by atoms with Crippen LogP contribution in [0, 0.1) is 0 Å². The number of halogens is 1. The molecule has 0 spiro atoms. The standard InChI is InChI=1S/C21H22ClN5O/c22-16-9-6-15(7-10-16)8-11-21(28)27-13-3-4-18(27)17-14-20(26-25-17)24-19-5-1-2-12-23-19/h1-2,5-7,9-10,12,14,18H,3-4,8,11,13H2,(H2,23,24,25,26)/t18-/m1/s1. The highest BCUT2D eigenvalue weighted by molar-refractivity contribution is 6.30. The van der Waals surface area contributed by atoms with E-state index in [0.717, 1.165) is 36.5 Å². The molecule has 1 aromatic carbocycles. The van der Waals surface area contributed by atoms with Crippen LogP contribution >= 0.6 is 11.6 Å². The molecule has 1 amide bonds. The Kier molecular flexibility index (Phi) is 5.58. The van der Waals surface area contributed by atoms with Crippen molar-refractivity contribution in [2.45, 2.75) is 31.7 Å². The van der Waals surface area contributed by atoms with Gasteiger partial charge in [0, 0.05) is 30.3 Å². The lowest BCUT2D eigenvalue weighted by Crippen LogP contribution is -2.30. The van der Waals surface area contributed by atoms with Gasteiger partial charge >= 0.3 is 0 Å². The number of nitrogens with zero attached hydrogens (tertiary/aromatic N) is 3. The van der Waals surface area contributed by atoms with Gasteiger partial charge in [-0.05, 0) is 49.1 Å². The van der Waals surface area contributed by atoms with Crippen molar-refractivity contribution < 1.29 is 4.79 Å².